The standard InChI is InChI=1S/C21H23ClN4O2S2/c1-21(9-10-26(14-21)12-16-5-3-2-4-6-16)24-19-8-7-17(11-18(19)22)30(27,28)25-20-13-29-15-23-20/h2-8,11,13,15,24-25H,9-10,12,14H2,1H3. The number of hydrogen-bond donors (Lipinski definition) is 2. The van der Waals surface area contributed by atoms with E-state index in [1.807, 2.05) is 6.07 Å². The monoisotopic (exact) mass is 462 g/mol. The first-order chi connectivity index (χ1) is 14.3. The van der Waals surface area contributed by atoms with Gasteiger partial charge < -0.3 is 5.32 Å². The van der Waals surface area contributed by atoms with Crippen LogP contribution in [-0.2, 0) is 16.6 Å². The molecule has 6 nitrogen and oxygen atoms in total. The lowest BCUT2D eigenvalue weighted by molar-refractivity contribution is 0.315. The highest BCUT2D eigenvalue weighted by Crippen LogP contribution is 2.32. The van der Waals surface area contributed by atoms with Crippen molar-refractivity contribution >= 4 is 44.5 Å². The van der Waals surface area contributed by atoms with Crippen LogP contribution in [0.4, 0.5) is 11.5 Å². The Morgan fingerprint density at radius 1 is 1.23 bits per heavy atom. The van der Waals surface area contributed by atoms with Crippen molar-refractivity contribution in [2.24, 2.45) is 0 Å². The molecule has 30 heavy (non-hydrogen) atoms. The van der Waals surface area contributed by atoms with Crippen LogP contribution in [0.1, 0.15) is 18.9 Å². The van der Waals surface area contributed by atoms with Gasteiger partial charge in [0.25, 0.3) is 10.0 Å². The first kappa shape index (κ1) is 21.1. The number of hydrogen-bond acceptors (Lipinski definition) is 6. The van der Waals surface area contributed by atoms with Crippen molar-refractivity contribution < 1.29 is 8.42 Å². The molecule has 0 amide bonds. The molecule has 1 unspecified atom stereocenters. The van der Waals surface area contributed by atoms with Gasteiger partial charge in [0.15, 0.2) is 5.82 Å². The molecular weight excluding hydrogens is 440 g/mol. The van der Waals surface area contributed by atoms with E-state index in [9.17, 15) is 8.42 Å². The molecule has 0 saturated carbocycles. The summed E-state index contributed by atoms with van der Waals surface area (Å²) in [6, 6.07) is 15.2. The third-order valence-electron chi connectivity index (χ3n) is 5.16. The summed E-state index contributed by atoms with van der Waals surface area (Å²) >= 11 is 7.76. The van der Waals surface area contributed by atoms with Crippen LogP contribution in [0.3, 0.4) is 0 Å². The van der Waals surface area contributed by atoms with Crippen LogP contribution in [0.15, 0.2) is 64.3 Å². The lowest BCUT2D eigenvalue weighted by Crippen LogP contribution is -2.38. The largest absolute Gasteiger partial charge is 0.377 e. The van der Waals surface area contributed by atoms with Crippen LogP contribution < -0.4 is 10.0 Å². The molecule has 158 valence electrons. The fraction of sp³-hybridized carbons (Fsp3) is 0.286. The molecule has 4 rings (SSSR count). The van der Waals surface area contributed by atoms with E-state index in [2.05, 4.69) is 51.1 Å². The molecule has 9 heteroatoms. The number of sulfonamides is 1. The predicted octanol–water partition coefficient (Wildman–Crippen LogP) is 4.67. The van der Waals surface area contributed by atoms with Gasteiger partial charge in [0.1, 0.15) is 0 Å². The third-order valence-corrected chi connectivity index (χ3v) is 7.41. The Morgan fingerprint density at radius 2 is 2.03 bits per heavy atom. The van der Waals surface area contributed by atoms with Crippen molar-refractivity contribution in [3.05, 3.63) is 70.0 Å². The van der Waals surface area contributed by atoms with E-state index in [-0.39, 0.29) is 10.4 Å². The van der Waals surface area contributed by atoms with Crippen molar-refractivity contribution in [1.82, 2.24) is 9.88 Å². The van der Waals surface area contributed by atoms with Gasteiger partial charge in [0.2, 0.25) is 0 Å². The smallest absolute Gasteiger partial charge is 0.263 e. The minimum Gasteiger partial charge on any atom is -0.377 e. The van der Waals surface area contributed by atoms with E-state index in [0.717, 1.165) is 31.7 Å². The summed E-state index contributed by atoms with van der Waals surface area (Å²) in [5, 5.41) is 5.54. The molecule has 3 aromatic rings. The van der Waals surface area contributed by atoms with Gasteiger partial charge in [0.05, 0.1) is 21.1 Å². The van der Waals surface area contributed by atoms with Crippen LogP contribution in [0.25, 0.3) is 0 Å². The normalized spacial score (nSPS) is 19.7. The topological polar surface area (TPSA) is 74.3 Å². The molecule has 0 radical (unpaired) electrons. The highest BCUT2D eigenvalue weighted by Gasteiger charge is 2.34. The molecule has 1 atom stereocenters. The Morgan fingerprint density at radius 3 is 2.73 bits per heavy atom. The average molecular weight is 463 g/mol. The summed E-state index contributed by atoms with van der Waals surface area (Å²) in [4.78, 5) is 6.47. The summed E-state index contributed by atoms with van der Waals surface area (Å²) in [6.07, 6.45) is 0.974. The van der Waals surface area contributed by atoms with Crippen molar-refractivity contribution in [2.75, 3.05) is 23.1 Å². The van der Waals surface area contributed by atoms with Crippen LogP contribution in [0, 0.1) is 0 Å². The van der Waals surface area contributed by atoms with Gasteiger partial charge in [-0.1, -0.05) is 41.9 Å². The van der Waals surface area contributed by atoms with Crippen molar-refractivity contribution in [3.8, 4) is 0 Å². The van der Waals surface area contributed by atoms with E-state index in [0.29, 0.717) is 10.8 Å². The zero-order valence-electron chi connectivity index (χ0n) is 16.5. The molecule has 0 bridgehead atoms. The Labute approximate surface area is 186 Å². The minimum absolute atomic E-state index is 0.105. The molecule has 0 aliphatic carbocycles. The molecule has 1 fully saturated rings. The van der Waals surface area contributed by atoms with E-state index >= 15 is 0 Å². The molecule has 0 spiro atoms. The first-order valence-corrected chi connectivity index (χ1v) is 12.4. The fourth-order valence-electron chi connectivity index (χ4n) is 3.68. The molecule has 2 heterocycles. The number of nitrogens with one attached hydrogen (secondary N) is 2. The van der Waals surface area contributed by atoms with Crippen LogP contribution in [0.5, 0.6) is 0 Å². The summed E-state index contributed by atoms with van der Waals surface area (Å²) in [5.41, 5.74) is 3.45. The van der Waals surface area contributed by atoms with E-state index in [4.69, 9.17) is 11.6 Å². The minimum atomic E-state index is -3.73. The zero-order valence-corrected chi connectivity index (χ0v) is 18.9. The number of anilines is 2. The lowest BCUT2D eigenvalue weighted by Gasteiger charge is -2.28. The average Bonchev–Trinajstić information content (AvgIpc) is 3.34. The molecule has 1 aliphatic rings. The number of benzene rings is 2. The number of halogens is 1. The molecule has 1 aliphatic heterocycles. The highest BCUT2D eigenvalue weighted by atomic mass is 35.5. The van der Waals surface area contributed by atoms with Gasteiger partial charge in [-0.05, 0) is 37.1 Å². The number of thiazole rings is 1. The fourth-order valence-corrected chi connectivity index (χ4v) is 5.56. The molecule has 2 aromatic carbocycles. The van der Waals surface area contributed by atoms with Crippen LogP contribution in [0.2, 0.25) is 5.02 Å². The van der Waals surface area contributed by atoms with Gasteiger partial charge >= 0.3 is 0 Å². The quantitative estimate of drug-likeness (QED) is 0.533. The Hall–Kier alpha value is -2.13. The second-order valence-electron chi connectivity index (χ2n) is 7.75. The van der Waals surface area contributed by atoms with E-state index in [1.54, 1.807) is 23.0 Å². The van der Waals surface area contributed by atoms with Crippen molar-refractivity contribution in [2.45, 2.75) is 30.3 Å². The van der Waals surface area contributed by atoms with E-state index < -0.39 is 10.0 Å². The first-order valence-electron chi connectivity index (χ1n) is 9.58. The number of nitrogens with zero attached hydrogens (tertiary/aromatic N) is 2. The molecule has 2 N–H and O–H groups in total. The van der Waals surface area contributed by atoms with Gasteiger partial charge in [-0.15, -0.1) is 11.3 Å². The summed E-state index contributed by atoms with van der Waals surface area (Å²) < 4.78 is 27.6. The predicted molar refractivity (Wildman–Crippen MR) is 123 cm³/mol. The van der Waals surface area contributed by atoms with Crippen LogP contribution >= 0.6 is 22.9 Å². The number of rotatable bonds is 7. The third kappa shape index (κ3) is 4.95. The SMILES string of the molecule is CC1(Nc2ccc(S(=O)(=O)Nc3cscn3)cc2Cl)CCN(Cc2ccccc2)C1. The maximum atomic E-state index is 12.6. The maximum absolute atomic E-state index is 12.6. The summed E-state index contributed by atoms with van der Waals surface area (Å²) in [5.74, 6) is 0.301. The van der Waals surface area contributed by atoms with Gasteiger partial charge in [-0.3, -0.25) is 9.62 Å². The number of aromatic nitrogens is 1. The summed E-state index contributed by atoms with van der Waals surface area (Å²) in [7, 11) is -3.73. The second-order valence-corrected chi connectivity index (χ2v) is 10.6. The highest BCUT2D eigenvalue weighted by molar-refractivity contribution is 7.92. The Bertz CT molecular complexity index is 1110. The van der Waals surface area contributed by atoms with Gasteiger partial charge in [0, 0.05) is 30.6 Å². The second kappa shape index (κ2) is 8.55. The number of likely N-dealkylation sites (tertiary alicyclic amines) is 1. The molecular formula is C21H23ClN4O2S2. The molecule has 1 saturated heterocycles. The maximum Gasteiger partial charge on any atom is 0.263 e. The van der Waals surface area contributed by atoms with Crippen LogP contribution in [-0.4, -0.2) is 36.9 Å². The lowest BCUT2D eigenvalue weighted by atomic mass is 10.0. The van der Waals surface area contributed by atoms with Crippen molar-refractivity contribution in [1.29, 1.82) is 0 Å². The zero-order chi connectivity index (χ0) is 21.2. The summed E-state index contributed by atoms with van der Waals surface area (Å²) in [6.45, 7) is 4.94. The van der Waals surface area contributed by atoms with E-state index in [1.165, 1.54) is 23.0 Å². The molecule has 1 aromatic heterocycles. The van der Waals surface area contributed by atoms with Gasteiger partial charge in [-0.2, -0.15) is 0 Å². The Kier molecular flexibility index (Phi) is 6.02. The Balaban J connectivity index is 1.43. The van der Waals surface area contributed by atoms with Crippen molar-refractivity contribution in [3.63, 3.8) is 0 Å². The van der Waals surface area contributed by atoms with Gasteiger partial charge in [-0.25, -0.2) is 13.4 Å².